The number of morpholine rings is 1. The lowest BCUT2D eigenvalue weighted by molar-refractivity contribution is -0.385. The van der Waals surface area contributed by atoms with E-state index in [2.05, 4.69) is 4.90 Å². The van der Waals surface area contributed by atoms with Crippen molar-refractivity contribution >= 4 is 11.8 Å². The van der Waals surface area contributed by atoms with Gasteiger partial charge in [-0.2, -0.15) is 0 Å². The first kappa shape index (κ1) is 18.5. The minimum Gasteiger partial charge on any atom is -0.390 e. The molecule has 0 aromatic heterocycles. The summed E-state index contributed by atoms with van der Waals surface area (Å²) in [6.07, 6.45) is 3.21. The van der Waals surface area contributed by atoms with Crippen LogP contribution in [-0.2, 0) is 4.74 Å². The Morgan fingerprint density at radius 1 is 1.42 bits per heavy atom. The summed E-state index contributed by atoms with van der Waals surface area (Å²) < 4.78 is 5.29. The van der Waals surface area contributed by atoms with Gasteiger partial charge in [-0.3, -0.25) is 15.0 Å². The molecule has 1 aromatic rings. The molecule has 7 heteroatoms. The van der Waals surface area contributed by atoms with Crippen molar-refractivity contribution in [3.63, 3.8) is 0 Å². The predicted octanol–water partition coefficient (Wildman–Crippen LogP) is 1.23. The van der Waals surface area contributed by atoms with Gasteiger partial charge < -0.3 is 14.7 Å². The van der Waals surface area contributed by atoms with Gasteiger partial charge in [-0.15, -0.1) is 0 Å². The number of benzene rings is 1. The fourth-order valence-corrected chi connectivity index (χ4v) is 2.73. The van der Waals surface area contributed by atoms with Crippen molar-refractivity contribution in [2.45, 2.75) is 6.10 Å². The van der Waals surface area contributed by atoms with Gasteiger partial charge in [-0.1, -0.05) is 24.3 Å². The van der Waals surface area contributed by atoms with Crippen LogP contribution in [-0.4, -0.2) is 78.9 Å². The number of hydrogen-bond donors (Lipinski definition) is 1. The molecule has 7 nitrogen and oxygen atoms in total. The van der Waals surface area contributed by atoms with Crippen molar-refractivity contribution in [3.05, 3.63) is 46.0 Å². The number of hydrogen-bond acceptors (Lipinski definition) is 6. The molecule has 24 heavy (non-hydrogen) atoms. The largest absolute Gasteiger partial charge is 0.390 e. The van der Waals surface area contributed by atoms with Crippen LogP contribution in [0.25, 0.3) is 6.08 Å². The second-order valence-corrected chi connectivity index (χ2v) is 6.01. The van der Waals surface area contributed by atoms with Crippen LogP contribution in [0.5, 0.6) is 0 Å². The number of nitrogens with zero attached hydrogens (tertiary/aromatic N) is 3. The van der Waals surface area contributed by atoms with E-state index in [4.69, 9.17) is 4.74 Å². The number of nitro benzene ring substituents is 1. The molecule has 0 spiro atoms. The molecule has 0 aliphatic carbocycles. The topological polar surface area (TPSA) is 79.1 Å². The molecule has 0 radical (unpaired) electrons. The molecule has 1 unspecified atom stereocenters. The smallest absolute Gasteiger partial charge is 0.276 e. The highest BCUT2D eigenvalue weighted by molar-refractivity contribution is 5.60. The van der Waals surface area contributed by atoms with E-state index in [9.17, 15) is 15.2 Å². The summed E-state index contributed by atoms with van der Waals surface area (Å²) in [5.74, 6) is 0. The van der Waals surface area contributed by atoms with Crippen molar-refractivity contribution in [1.82, 2.24) is 9.80 Å². The van der Waals surface area contributed by atoms with E-state index < -0.39 is 6.10 Å². The molecule has 0 saturated carbocycles. The summed E-state index contributed by atoms with van der Waals surface area (Å²) in [4.78, 5) is 14.8. The summed E-state index contributed by atoms with van der Waals surface area (Å²) >= 11 is 0. The first-order valence-corrected chi connectivity index (χ1v) is 8.13. The van der Waals surface area contributed by atoms with E-state index in [1.165, 1.54) is 6.07 Å². The third-order valence-electron chi connectivity index (χ3n) is 3.94. The van der Waals surface area contributed by atoms with E-state index in [1.54, 1.807) is 24.3 Å². The molecule has 1 aliphatic heterocycles. The van der Waals surface area contributed by atoms with Gasteiger partial charge in [-0.25, -0.2) is 0 Å². The van der Waals surface area contributed by atoms with Gasteiger partial charge in [0.05, 0.1) is 29.8 Å². The molecular weight excluding hydrogens is 310 g/mol. The number of β-amino-alcohol motifs (C(OH)–C–C–N with tert-alkyl or cyclic N) is 1. The summed E-state index contributed by atoms with van der Waals surface area (Å²) in [6, 6.07) is 6.66. The van der Waals surface area contributed by atoms with Crippen LogP contribution in [0.1, 0.15) is 5.56 Å². The zero-order valence-corrected chi connectivity index (χ0v) is 14.0. The maximum absolute atomic E-state index is 11.0. The Kier molecular flexibility index (Phi) is 7.33. The highest BCUT2D eigenvalue weighted by Crippen LogP contribution is 2.18. The van der Waals surface area contributed by atoms with Gasteiger partial charge in [-0.05, 0) is 13.1 Å². The number of nitro groups is 1. The number of aliphatic hydroxyl groups is 1. The van der Waals surface area contributed by atoms with Gasteiger partial charge in [0.25, 0.3) is 5.69 Å². The third kappa shape index (κ3) is 6.01. The Hall–Kier alpha value is -1.80. The molecule has 1 atom stereocenters. The highest BCUT2D eigenvalue weighted by Gasteiger charge is 2.16. The second-order valence-electron chi connectivity index (χ2n) is 6.01. The van der Waals surface area contributed by atoms with E-state index in [0.29, 0.717) is 25.2 Å². The molecule has 132 valence electrons. The van der Waals surface area contributed by atoms with E-state index in [0.717, 1.165) is 26.3 Å². The molecule has 1 heterocycles. The van der Waals surface area contributed by atoms with Crippen LogP contribution in [0, 0.1) is 10.1 Å². The lowest BCUT2D eigenvalue weighted by atomic mass is 10.1. The molecular formula is C17H25N3O4. The minimum absolute atomic E-state index is 0.101. The molecule has 1 N–H and O–H groups in total. The molecule has 1 aromatic carbocycles. The highest BCUT2D eigenvalue weighted by atomic mass is 16.6. The Morgan fingerprint density at radius 3 is 2.83 bits per heavy atom. The van der Waals surface area contributed by atoms with Crippen LogP contribution in [0.4, 0.5) is 5.69 Å². The fraction of sp³-hybridized carbons (Fsp3) is 0.529. The third-order valence-corrected chi connectivity index (χ3v) is 3.94. The quantitative estimate of drug-likeness (QED) is 0.569. The normalized spacial score (nSPS) is 17.5. The monoisotopic (exact) mass is 335 g/mol. The Morgan fingerprint density at radius 2 is 2.12 bits per heavy atom. The summed E-state index contributed by atoms with van der Waals surface area (Å²) in [6.45, 7) is 4.98. The number of rotatable bonds is 8. The Balaban J connectivity index is 1.78. The van der Waals surface area contributed by atoms with E-state index >= 15 is 0 Å². The maximum Gasteiger partial charge on any atom is 0.276 e. The number of para-hydroxylation sites is 1. The zero-order chi connectivity index (χ0) is 17.4. The Bertz CT molecular complexity index is 559. The van der Waals surface area contributed by atoms with Crippen molar-refractivity contribution in [3.8, 4) is 0 Å². The number of ether oxygens (including phenoxy) is 1. The lowest BCUT2D eigenvalue weighted by Crippen LogP contribution is -2.44. The molecule has 0 bridgehead atoms. The number of aliphatic hydroxyl groups excluding tert-OH is 1. The second kappa shape index (κ2) is 9.48. The minimum atomic E-state index is -0.424. The van der Waals surface area contributed by atoms with Crippen LogP contribution in [0.3, 0.4) is 0 Å². The Labute approximate surface area is 142 Å². The van der Waals surface area contributed by atoms with E-state index in [1.807, 2.05) is 18.0 Å². The SMILES string of the molecule is CN(C/C=C/c1ccccc1[N+](=O)[O-])CC(O)CN1CCOCC1. The van der Waals surface area contributed by atoms with Crippen LogP contribution in [0.2, 0.25) is 0 Å². The first-order chi connectivity index (χ1) is 11.6. The van der Waals surface area contributed by atoms with Crippen LogP contribution < -0.4 is 0 Å². The van der Waals surface area contributed by atoms with E-state index in [-0.39, 0.29) is 10.6 Å². The number of likely N-dealkylation sites (N-methyl/N-ethyl adjacent to an activating group) is 1. The molecule has 1 aliphatic rings. The van der Waals surface area contributed by atoms with Crippen molar-refractivity contribution in [1.29, 1.82) is 0 Å². The van der Waals surface area contributed by atoms with Crippen LogP contribution >= 0.6 is 0 Å². The first-order valence-electron chi connectivity index (χ1n) is 8.13. The molecule has 1 fully saturated rings. The average Bonchev–Trinajstić information content (AvgIpc) is 2.56. The molecule has 2 rings (SSSR count). The average molecular weight is 335 g/mol. The lowest BCUT2D eigenvalue weighted by Gasteiger charge is -2.29. The van der Waals surface area contributed by atoms with Crippen LogP contribution in [0.15, 0.2) is 30.3 Å². The van der Waals surface area contributed by atoms with Crippen molar-refractivity contribution in [2.24, 2.45) is 0 Å². The van der Waals surface area contributed by atoms with Gasteiger partial charge in [0.2, 0.25) is 0 Å². The summed E-state index contributed by atoms with van der Waals surface area (Å²) in [7, 11) is 1.92. The molecule has 0 amide bonds. The van der Waals surface area contributed by atoms with Gasteiger partial charge in [0.1, 0.15) is 0 Å². The summed E-state index contributed by atoms with van der Waals surface area (Å²) in [5, 5.41) is 21.1. The van der Waals surface area contributed by atoms with Crippen molar-refractivity contribution in [2.75, 3.05) is 53.0 Å². The van der Waals surface area contributed by atoms with Gasteiger partial charge in [0, 0.05) is 38.8 Å². The van der Waals surface area contributed by atoms with Gasteiger partial charge in [0.15, 0.2) is 0 Å². The fourth-order valence-electron chi connectivity index (χ4n) is 2.73. The van der Waals surface area contributed by atoms with Crippen molar-refractivity contribution < 1.29 is 14.8 Å². The maximum atomic E-state index is 11.0. The zero-order valence-electron chi connectivity index (χ0n) is 14.0. The standard InChI is InChI=1S/C17H25N3O4/c1-18(13-16(21)14-19-9-11-24-12-10-19)8-4-6-15-5-2-3-7-17(15)20(22)23/h2-7,16,21H,8-14H2,1H3/b6-4+. The predicted molar refractivity (Wildman–Crippen MR) is 92.9 cm³/mol. The molecule has 1 saturated heterocycles. The van der Waals surface area contributed by atoms with Gasteiger partial charge >= 0.3 is 0 Å². The summed E-state index contributed by atoms with van der Waals surface area (Å²) in [5.41, 5.74) is 0.688.